The Morgan fingerprint density at radius 3 is 2.81 bits per heavy atom. The Bertz CT molecular complexity index is 783. The summed E-state index contributed by atoms with van der Waals surface area (Å²) >= 11 is 0. The van der Waals surface area contributed by atoms with Crippen molar-refractivity contribution in [2.75, 3.05) is 0 Å². The van der Waals surface area contributed by atoms with Gasteiger partial charge in [0.2, 0.25) is 0 Å². The maximum Gasteiger partial charge on any atom is 0.258 e. The van der Waals surface area contributed by atoms with Crippen LogP contribution in [0.5, 0.6) is 5.75 Å². The molecule has 0 fully saturated rings. The van der Waals surface area contributed by atoms with Gasteiger partial charge in [-0.3, -0.25) is 0 Å². The summed E-state index contributed by atoms with van der Waals surface area (Å²) in [6.07, 6.45) is 0.401. The molecular formula is C16H13FN2O2. The number of rotatable bonds is 3. The number of halogens is 1. The SMILES string of the molecule is Cc1cc(O)ccc1-c1nc(Cc2cccc(F)c2)no1. The van der Waals surface area contributed by atoms with Crippen molar-refractivity contribution < 1.29 is 14.0 Å². The third-order valence-corrected chi connectivity index (χ3v) is 3.16. The van der Waals surface area contributed by atoms with Crippen molar-refractivity contribution >= 4 is 0 Å². The minimum absolute atomic E-state index is 0.191. The summed E-state index contributed by atoms with van der Waals surface area (Å²) in [6.45, 7) is 1.85. The van der Waals surface area contributed by atoms with Gasteiger partial charge in [0.05, 0.1) is 0 Å². The van der Waals surface area contributed by atoms with Gasteiger partial charge in [0.15, 0.2) is 5.82 Å². The molecule has 3 rings (SSSR count). The van der Waals surface area contributed by atoms with E-state index in [1.165, 1.54) is 12.1 Å². The molecule has 0 atom stereocenters. The Morgan fingerprint density at radius 1 is 1.19 bits per heavy atom. The van der Waals surface area contributed by atoms with E-state index in [-0.39, 0.29) is 11.6 Å². The monoisotopic (exact) mass is 284 g/mol. The third kappa shape index (κ3) is 2.91. The fourth-order valence-corrected chi connectivity index (χ4v) is 2.15. The molecule has 0 spiro atoms. The minimum atomic E-state index is -0.286. The van der Waals surface area contributed by atoms with Crippen LogP contribution in [0.25, 0.3) is 11.5 Å². The zero-order valence-electron chi connectivity index (χ0n) is 11.4. The topological polar surface area (TPSA) is 59.2 Å². The maximum atomic E-state index is 13.1. The van der Waals surface area contributed by atoms with Crippen molar-refractivity contribution in [2.24, 2.45) is 0 Å². The van der Waals surface area contributed by atoms with Crippen molar-refractivity contribution in [2.45, 2.75) is 13.3 Å². The molecular weight excluding hydrogens is 271 g/mol. The number of phenolic OH excluding ortho intramolecular Hbond substituents is 1. The van der Waals surface area contributed by atoms with Crippen LogP contribution in [-0.2, 0) is 6.42 Å². The lowest BCUT2D eigenvalue weighted by Crippen LogP contribution is -1.91. The van der Waals surface area contributed by atoms with E-state index in [2.05, 4.69) is 10.1 Å². The van der Waals surface area contributed by atoms with E-state index >= 15 is 0 Å². The van der Waals surface area contributed by atoms with Gasteiger partial charge in [-0.1, -0.05) is 17.3 Å². The lowest BCUT2D eigenvalue weighted by atomic mass is 10.1. The molecule has 1 N–H and O–H groups in total. The fourth-order valence-electron chi connectivity index (χ4n) is 2.15. The zero-order chi connectivity index (χ0) is 14.8. The van der Waals surface area contributed by atoms with E-state index < -0.39 is 0 Å². The van der Waals surface area contributed by atoms with E-state index in [1.807, 2.05) is 13.0 Å². The maximum absolute atomic E-state index is 13.1. The molecule has 4 nitrogen and oxygen atoms in total. The number of aryl methyl sites for hydroxylation is 1. The Morgan fingerprint density at radius 2 is 2.05 bits per heavy atom. The second kappa shape index (κ2) is 5.36. The molecule has 2 aromatic carbocycles. The molecule has 0 aliphatic rings. The highest BCUT2D eigenvalue weighted by atomic mass is 19.1. The van der Waals surface area contributed by atoms with Gasteiger partial charge in [-0.25, -0.2) is 4.39 Å². The Hall–Kier alpha value is -2.69. The lowest BCUT2D eigenvalue weighted by molar-refractivity contribution is 0.423. The van der Waals surface area contributed by atoms with Crippen LogP contribution in [-0.4, -0.2) is 15.2 Å². The Kier molecular flexibility index (Phi) is 3.39. The van der Waals surface area contributed by atoms with Crippen molar-refractivity contribution in [3.63, 3.8) is 0 Å². The molecule has 0 bridgehead atoms. The van der Waals surface area contributed by atoms with Crippen LogP contribution in [0.3, 0.4) is 0 Å². The number of hydrogen-bond donors (Lipinski definition) is 1. The van der Waals surface area contributed by atoms with Gasteiger partial charge in [0, 0.05) is 12.0 Å². The predicted molar refractivity (Wildman–Crippen MR) is 75.3 cm³/mol. The molecule has 5 heteroatoms. The molecule has 0 saturated carbocycles. The highest BCUT2D eigenvalue weighted by molar-refractivity contribution is 5.59. The van der Waals surface area contributed by atoms with E-state index in [9.17, 15) is 9.50 Å². The first-order valence-corrected chi connectivity index (χ1v) is 6.49. The molecule has 0 unspecified atom stereocenters. The minimum Gasteiger partial charge on any atom is -0.508 e. The summed E-state index contributed by atoms with van der Waals surface area (Å²) in [5.41, 5.74) is 2.39. The highest BCUT2D eigenvalue weighted by Gasteiger charge is 2.12. The van der Waals surface area contributed by atoms with Crippen LogP contribution in [0, 0.1) is 12.7 Å². The molecule has 3 aromatic rings. The number of phenols is 1. The van der Waals surface area contributed by atoms with Gasteiger partial charge < -0.3 is 9.63 Å². The molecule has 1 heterocycles. The van der Waals surface area contributed by atoms with Crippen LogP contribution < -0.4 is 0 Å². The van der Waals surface area contributed by atoms with E-state index in [0.29, 0.717) is 18.1 Å². The average Bonchev–Trinajstić information content (AvgIpc) is 2.87. The van der Waals surface area contributed by atoms with E-state index in [4.69, 9.17) is 4.52 Å². The number of hydrogen-bond acceptors (Lipinski definition) is 4. The van der Waals surface area contributed by atoms with E-state index in [0.717, 1.165) is 16.7 Å². The van der Waals surface area contributed by atoms with Gasteiger partial charge in [-0.15, -0.1) is 0 Å². The van der Waals surface area contributed by atoms with Gasteiger partial charge in [-0.2, -0.15) is 4.98 Å². The summed E-state index contributed by atoms with van der Waals surface area (Å²) in [4.78, 5) is 4.31. The Labute approximate surface area is 120 Å². The van der Waals surface area contributed by atoms with Gasteiger partial charge in [0.1, 0.15) is 11.6 Å². The van der Waals surface area contributed by atoms with Crippen molar-refractivity contribution in [3.05, 3.63) is 65.2 Å². The average molecular weight is 284 g/mol. The summed E-state index contributed by atoms with van der Waals surface area (Å²) in [5, 5.41) is 13.3. The molecule has 0 aliphatic heterocycles. The van der Waals surface area contributed by atoms with Crippen LogP contribution in [0.4, 0.5) is 4.39 Å². The number of benzene rings is 2. The van der Waals surface area contributed by atoms with Crippen molar-refractivity contribution in [1.82, 2.24) is 10.1 Å². The van der Waals surface area contributed by atoms with E-state index in [1.54, 1.807) is 24.3 Å². The first-order chi connectivity index (χ1) is 10.1. The molecule has 21 heavy (non-hydrogen) atoms. The van der Waals surface area contributed by atoms with Crippen LogP contribution in [0.2, 0.25) is 0 Å². The van der Waals surface area contributed by atoms with Crippen LogP contribution >= 0.6 is 0 Å². The second-order valence-electron chi connectivity index (χ2n) is 4.82. The molecule has 0 aliphatic carbocycles. The van der Waals surface area contributed by atoms with Gasteiger partial charge >= 0.3 is 0 Å². The largest absolute Gasteiger partial charge is 0.508 e. The normalized spacial score (nSPS) is 10.8. The summed E-state index contributed by atoms with van der Waals surface area (Å²) in [7, 11) is 0. The molecule has 0 radical (unpaired) electrons. The highest BCUT2D eigenvalue weighted by Crippen LogP contribution is 2.25. The molecule has 0 amide bonds. The Balaban J connectivity index is 1.86. The van der Waals surface area contributed by atoms with Crippen molar-refractivity contribution in [1.29, 1.82) is 0 Å². The lowest BCUT2D eigenvalue weighted by Gasteiger charge is -2.00. The zero-order valence-corrected chi connectivity index (χ0v) is 11.4. The summed E-state index contributed by atoms with van der Waals surface area (Å²) in [5.74, 6) is 0.781. The summed E-state index contributed by atoms with van der Waals surface area (Å²) < 4.78 is 18.4. The fraction of sp³-hybridized carbons (Fsp3) is 0.125. The number of aromatic hydroxyl groups is 1. The number of aromatic nitrogens is 2. The standard InChI is InChI=1S/C16H13FN2O2/c1-10-7-13(20)5-6-14(10)16-18-15(19-21-16)9-11-3-2-4-12(17)8-11/h2-8,20H,9H2,1H3. The summed E-state index contributed by atoms with van der Waals surface area (Å²) in [6, 6.07) is 11.2. The smallest absolute Gasteiger partial charge is 0.258 e. The first-order valence-electron chi connectivity index (χ1n) is 6.49. The first kappa shape index (κ1) is 13.3. The number of nitrogens with zero attached hydrogens (tertiary/aromatic N) is 2. The predicted octanol–water partition coefficient (Wildman–Crippen LogP) is 3.48. The van der Waals surface area contributed by atoms with Gasteiger partial charge in [-0.05, 0) is 48.4 Å². The second-order valence-corrected chi connectivity index (χ2v) is 4.82. The molecule has 0 saturated heterocycles. The van der Waals surface area contributed by atoms with Gasteiger partial charge in [0.25, 0.3) is 5.89 Å². The quantitative estimate of drug-likeness (QED) is 0.800. The molecule has 1 aromatic heterocycles. The van der Waals surface area contributed by atoms with Crippen LogP contribution in [0.15, 0.2) is 47.0 Å². The molecule has 106 valence electrons. The third-order valence-electron chi connectivity index (χ3n) is 3.16. The van der Waals surface area contributed by atoms with Crippen LogP contribution in [0.1, 0.15) is 17.0 Å². The van der Waals surface area contributed by atoms with Crippen molar-refractivity contribution in [3.8, 4) is 17.2 Å².